The van der Waals surface area contributed by atoms with Crippen molar-refractivity contribution in [1.82, 2.24) is 10.6 Å². The number of rotatable bonds is 12. The average molecular weight is 310 g/mol. The van der Waals surface area contributed by atoms with Crippen molar-refractivity contribution in [1.29, 1.82) is 0 Å². The lowest BCUT2D eigenvalue weighted by Gasteiger charge is -2.15. The Morgan fingerprint density at radius 2 is 1.52 bits per heavy atom. The summed E-state index contributed by atoms with van der Waals surface area (Å²) in [6.45, 7) is 3.17. The van der Waals surface area contributed by atoms with Gasteiger partial charge in [-0.25, -0.2) is 0 Å². The van der Waals surface area contributed by atoms with Gasteiger partial charge in [0, 0.05) is 0 Å². The third-order valence-electron chi connectivity index (χ3n) is 3.34. The summed E-state index contributed by atoms with van der Waals surface area (Å²) in [5, 5.41) is 4.83. The number of hydrogen-bond donors (Lipinski definition) is 2. The molecule has 0 bridgehead atoms. The van der Waals surface area contributed by atoms with E-state index in [1.165, 1.54) is 38.5 Å². The lowest BCUT2D eigenvalue weighted by atomic mass is 10.1. The topological polar surface area (TPSA) is 41.1 Å². The van der Waals surface area contributed by atoms with Gasteiger partial charge in [-0.3, -0.25) is 4.79 Å². The first-order valence-electron chi connectivity index (χ1n) is 7.94. The van der Waals surface area contributed by atoms with Crippen LogP contribution in [-0.2, 0) is 4.79 Å². The van der Waals surface area contributed by atoms with Gasteiger partial charge in [-0.2, -0.15) is 13.2 Å². The van der Waals surface area contributed by atoms with Crippen LogP contribution in [0, 0.1) is 0 Å². The number of carbonyl (C=O) groups excluding carboxylic acids is 1. The van der Waals surface area contributed by atoms with Gasteiger partial charge in [-0.15, -0.1) is 0 Å². The maximum atomic E-state index is 11.9. The highest BCUT2D eigenvalue weighted by molar-refractivity contribution is 5.81. The molecule has 0 saturated heterocycles. The molecule has 0 aromatic rings. The van der Waals surface area contributed by atoms with E-state index in [1.54, 1.807) is 6.92 Å². The number of unbranched alkanes of at least 4 members (excludes halogenated alkanes) is 7. The average Bonchev–Trinajstić information content (AvgIpc) is 2.41. The number of nitrogens with one attached hydrogen (secondary N) is 2. The Morgan fingerprint density at radius 1 is 1.00 bits per heavy atom. The maximum Gasteiger partial charge on any atom is 0.405 e. The zero-order valence-electron chi connectivity index (χ0n) is 13.2. The van der Waals surface area contributed by atoms with Crippen LogP contribution in [-0.4, -0.2) is 31.2 Å². The minimum atomic E-state index is -4.35. The molecule has 6 heteroatoms. The molecule has 1 atom stereocenters. The quantitative estimate of drug-likeness (QED) is 0.539. The Bertz CT molecular complexity index is 270. The first kappa shape index (κ1) is 20.2. The molecule has 0 rings (SSSR count). The van der Waals surface area contributed by atoms with E-state index in [0.29, 0.717) is 6.54 Å². The maximum absolute atomic E-state index is 11.9. The molecule has 0 heterocycles. The van der Waals surface area contributed by atoms with Crippen LogP contribution in [0.1, 0.15) is 65.2 Å². The third-order valence-corrected chi connectivity index (χ3v) is 3.34. The molecular weight excluding hydrogens is 281 g/mol. The van der Waals surface area contributed by atoms with Crippen LogP contribution in [0.4, 0.5) is 13.2 Å². The minimum absolute atomic E-state index is 0.586. The number of carbonyl (C=O) groups is 1. The number of hydrogen-bond acceptors (Lipinski definition) is 2. The zero-order valence-corrected chi connectivity index (χ0v) is 13.2. The molecule has 0 aromatic heterocycles. The van der Waals surface area contributed by atoms with E-state index in [4.69, 9.17) is 0 Å². The lowest BCUT2D eigenvalue weighted by molar-refractivity contribution is -0.139. The largest absolute Gasteiger partial charge is 0.405 e. The Morgan fingerprint density at radius 3 is 2.05 bits per heavy atom. The van der Waals surface area contributed by atoms with Gasteiger partial charge in [0.25, 0.3) is 0 Å². The first-order chi connectivity index (χ1) is 9.87. The highest BCUT2D eigenvalue weighted by Crippen LogP contribution is 2.12. The van der Waals surface area contributed by atoms with E-state index in [2.05, 4.69) is 12.2 Å². The van der Waals surface area contributed by atoms with Crippen LogP contribution in [0.15, 0.2) is 0 Å². The number of halogens is 3. The second-order valence-electron chi connectivity index (χ2n) is 5.48. The summed E-state index contributed by atoms with van der Waals surface area (Å²) in [6.07, 6.45) is 5.22. The van der Waals surface area contributed by atoms with Crippen LogP contribution in [0.25, 0.3) is 0 Å². The van der Waals surface area contributed by atoms with Crippen molar-refractivity contribution >= 4 is 5.91 Å². The van der Waals surface area contributed by atoms with Gasteiger partial charge in [0.05, 0.1) is 6.04 Å². The smallest absolute Gasteiger partial charge is 0.346 e. The van der Waals surface area contributed by atoms with Crippen molar-refractivity contribution in [3.05, 3.63) is 0 Å². The van der Waals surface area contributed by atoms with Crippen molar-refractivity contribution in [2.24, 2.45) is 0 Å². The van der Waals surface area contributed by atoms with E-state index >= 15 is 0 Å². The molecule has 0 saturated carbocycles. The van der Waals surface area contributed by atoms with Gasteiger partial charge in [-0.1, -0.05) is 51.9 Å². The molecule has 126 valence electrons. The van der Waals surface area contributed by atoms with Crippen molar-refractivity contribution in [3.63, 3.8) is 0 Å². The molecule has 1 unspecified atom stereocenters. The van der Waals surface area contributed by atoms with Crippen molar-refractivity contribution in [3.8, 4) is 0 Å². The lowest BCUT2D eigenvalue weighted by Crippen LogP contribution is -2.45. The SMILES string of the molecule is CCCCCCCCCCNC(C)C(=O)NCC(F)(F)F. The summed E-state index contributed by atoms with van der Waals surface area (Å²) in [5.41, 5.74) is 0. The normalized spacial score (nSPS) is 13.2. The summed E-state index contributed by atoms with van der Waals surface area (Å²) < 4.78 is 35.8. The molecule has 0 radical (unpaired) electrons. The molecule has 1 amide bonds. The Kier molecular flexibility index (Phi) is 11.4. The Labute approximate surface area is 126 Å². The van der Waals surface area contributed by atoms with E-state index in [1.807, 2.05) is 5.32 Å². The molecule has 0 aliphatic rings. The molecule has 0 spiro atoms. The number of amides is 1. The van der Waals surface area contributed by atoms with Gasteiger partial charge in [0.2, 0.25) is 5.91 Å². The molecule has 0 aliphatic carbocycles. The van der Waals surface area contributed by atoms with E-state index in [0.717, 1.165) is 12.8 Å². The molecule has 3 nitrogen and oxygen atoms in total. The minimum Gasteiger partial charge on any atom is -0.346 e. The monoisotopic (exact) mass is 310 g/mol. The summed E-state index contributed by atoms with van der Waals surface area (Å²) >= 11 is 0. The predicted octanol–water partition coefficient (Wildman–Crippen LogP) is 3.78. The van der Waals surface area contributed by atoms with Crippen molar-refractivity contribution in [2.45, 2.75) is 77.4 Å². The predicted molar refractivity (Wildman–Crippen MR) is 79.1 cm³/mol. The molecular formula is C15H29F3N2O. The summed E-state index contributed by atoms with van der Waals surface area (Å²) in [4.78, 5) is 11.4. The van der Waals surface area contributed by atoms with Gasteiger partial charge < -0.3 is 10.6 Å². The molecule has 2 N–H and O–H groups in total. The fourth-order valence-electron chi connectivity index (χ4n) is 2.01. The van der Waals surface area contributed by atoms with E-state index < -0.39 is 24.7 Å². The number of alkyl halides is 3. The molecule has 21 heavy (non-hydrogen) atoms. The second kappa shape index (κ2) is 11.8. The Hall–Kier alpha value is -0.780. The van der Waals surface area contributed by atoms with Gasteiger partial charge in [-0.05, 0) is 19.9 Å². The first-order valence-corrected chi connectivity index (χ1v) is 7.94. The third kappa shape index (κ3) is 13.9. The highest BCUT2D eigenvalue weighted by Gasteiger charge is 2.28. The van der Waals surface area contributed by atoms with Crippen molar-refractivity contribution < 1.29 is 18.0 Å². The van der Waals surface area contributed by atoms with Crippen LogP contribution in [0.3, 0.4) is 0 Å². The standard InChI is InChI=1S/C15H29F3N2O/c1-3-4-5-6-7-8-9-10-11-19-13(2)14(21)20-12-15(16,17)18/h13,19H,3-12H2,1-2H3,(H,20,21). The Balaban J connectivity index is 3.44. The van der Waals surface area contributed by atoms with Crippen molar-refractivity contribution in [2.75, 3.05) is 13.1 Å². The second-order valence-corrected chi connectivity index (χ2v) is 5.48. The van der Waals surface area contributed by atoms with Gasteiger partial charge >= 0.3 is 6.18 Å². The van der Waals surface area contributed by atoms with Crippen LogP contribution in [0.2, 0.25) is 0 Å². The summed E-state index contributed by atoms with van der Waals surface area (Å²) in [6, 6.07) is -0.586. The highest BCUT2D eigenvalue weighted by atomic mass is 19.4. The van der Waals surface area contributed by atoms with Crippen LogP contribution < -0.4 is 10.6 Å². The van der Waals surface area contributed by atoms with Gasteiger partial charge in [0.15, 0.2) is 0 Å². The van der Waals surface area contributed by atoms with Gasteiger partial charge in [0.1, 0.15) is 6.54 Å². The summed E-state index contributed by atoms with van der Waals surface area (Å²) in [7, 11) is 0. The van der Waals surface area contributed by atoms with E-state index in [9.17, 15) is 18.0 Å². The van der Waals surface area contributed by atoms with Crippen LogP contribution in [0.5, 0.6) is 0 Å². The van der Waals surface area contributed by atoms with E-state index in [-0.39, 0.29) is 0 Å². The van der Waals surface area contributed by atoms with Crippen LogP contribution >= 0.6 is 0 Å². The molecule has 0 fully saturated rings. The fourth-order valence-corrected chi connectivity index (χ4v) is 2.01. The molecule has 0 aromatic carbocycles. The zero-order chi connectivity index (χ0) is 16.1. The fraction of sp³-hybridized carbons (Fsp3) is 0.933. The molecule has 0 aliphatic heterocycles. The summed E-state index contributed by atoms with van der Waals surface area (Å²) in [5.74, 6) is -0.605.